The van der Waals surface area contributed by atoms with Crippen LogP contribution in [-0.4, -0.2) is 23.5 Å². The van der Waals surface area contributed by atoms with Crippen molar-refractivity contribution in [2.24, 2.45) is 5.92 Å². The molecule has 0 N–H and O–H groups in total. The van der Waals surface area contributed by atoms with Crippen LogP contribution < -0.4 is 0 Å². The van der Waals surface area contributed by atoms with Crippen LogP contribution in [-0.2, 0) is 0 Å². The fourth-order valence-corrected chi connectivity index (χ4v) is 2.76. The van der Waals surface area contributed by atoms with Crippen molar-refractivity contribution in [3.8, 4) is 0 Å². The zero-order valence-electron chi connectivity index (χ0n) is 11.1. The zero-order chi connectivity index (χ0) is 11.3. The summed E-state index contributed by atoms with van der Waals surface area (Å²) in [4.78, 5) is 2.73. The van der Waals surface area contributed by atoms with E-state index in [2.05, 4.69) is 32.6 Å². The molecule has 1 heteroatoms. The number of hydrogen-bond donors (Lipinski definition) is 0. The van der Waals surface area contributed by atoms with Gasteiger partial charge in [-0.05, 0) is 45.6 Å². The molecule has 1 rings (SSSR count). The minimum absolute atomic E-state index is 0.827. The largest absolute Gasteiger partial charge is 0.298 e. The van der Waals surface area contributed by atoms with Gasteiger partial charge in [-0.15, -0.1) is 0 Å². The summed E-state index contributed by atoms with van der Waals surface area (Å²) in [6, 6.07) is 1.65. The second kappa shape index (κ2) is 6.52. The lowest BCUT2D eigenvalue weighted by atomic mass is 9.97. The van der Waals surface area contributed by atoms with E-state index in [1.165, 1.54) is 45.1 Å². The molecule has 0 aromatic carbocycles. The Balaban J connectivity index is 2.17. The summed E-state index contributed by atoms with van der Waals surface area (Å²) in [6.07, 6.45) is 8.46. The van der Waals surface area contributed by atoms with E-state index in [-0.39, 0.29) is 0 Å². The van der Waals surface area contributed by atoms with E-state index in [4.69, 9.17) is 0 Å². The lowest BCUT2D eigenvalue weighted by Gasteiger charge is -2.39. The van der Waals surface area contributed by atoms with Gasteiger partial charge in [0.1, 0.15) is 0 Å². The number of piperidine rings is 1. The molecule has 0 aliphatic carbocycles. The van der Waals surface area contributed by atoms with Crippen LogP contribution in [0.15, 0.2) is 0 Å². The Kier molecular flexibility index (Phi) is 5.66. The molecule has 1 fully saturated rings. The van der Waals surface area contributed by atoms with E-state index in [9.17, 15) is 0 Å². The smallest absolute Gasteiger partial charge is 0.00697 e. The molecule has 0 radical (unpaired) electrons. The van der Waals surface area contributed by atoms with E-state index in [0.29, 0.717) is 0 Å². The van der Waals surface area contributed by atoms with Gasteiger partial charge in [-0.3, -0.25) is 4.90 Å². The highest BCUT2D eigenvalue weighted by Gasteiger charge is 2.23. The number of unbranched alkanes of at least 4 members (excludes halogenated alkanes) is 1. The highest BCUT2D eigenvalue weighted by molar-refractivity contribution is 4.79. The molecule has 1 aliphatic heterocycles. The van der Waals surface area contributed by atoms with Crippen LogP contribution >= 0.6 is 0 Å². The third-order valence-corrected chi connectivity index (χ3v) is 3.82. The first-order chi connectivity index (χ1) is 7.11. The summed E-state index contributed by atoms with van der Waals surface area (Å²) in [5.74, 6) is 0.876. The summed E-state index contributed by atoms with van der Waals surface area (Å²) < 4.78 is 0. The van der Waals surface area contributed by atoms with Gasteiger partial charge in [-0.2, -0.15) is 0 Å². The summed E-state index contributed by atoms with van der Waals surface area (Å²) >= 11 is 0. The fourth-order valence-electron chi connectivity index (χ4n) is 2.76. The van der Waals surface area contributed by atoms with Crippen molar-refractivity contribution in [1.82, 2.24) is 4.90 Å². The van der Waals surface area contributed by atoms with E-state index >= 15 is 0 Å². The summed E-state index contributed by atoms with van der Waals surface area (Å²) in [5, 5.41) is 0. The third kappa shape index (κ3) is 4.55. The standard InChI is InChI=1S/C14H29N/c1-12(2)8-5-6-11-15-13(3)9-7-10-14(15)4/h12-14H,5-11H2,1-4H3. The minimum Gasteiger partial charge on any atom is -0.298 e. The molecule has 1 nitrogen and oxygen atoms in total. The van der Waals surface area contributed by atoms with Gasteiger partial charge in [-0.25, -0.2) is 0 Å². The average Bonchev–Trinajstić information content (AvgIpc) is 2.15. The number of likely N-dealkylation sites (tertiary alicyclic amines) is 1. The molecule has 1 saturated heterocycles. The highest BCUT2D eigenvalue weighted by Crippen LogP contribution is 2.23. The first-order valence-corrected chi connectivity index (χ1v) is 6.87. The molecule has 2 unspecified atom stereocenters. The SMILES string of the molecule is CC(C)CCCCN1C(C)CCCC1C. The molecule has 0 aromatic rings. The summed E-state index contributed by atoms with van der Waals surface area (Å²) in [5.41, 5.74) is 0. The second-order valence-corrected chi connectivity index (χ2v) is 5.76. The third-order valence-electron chi connectivity index (χ3n) is 3.82. The van der Waals surface area contributed by atoms with Crippen molar-refractivity contribution in [1.29, 1.82) is 0 Å². The van der Waals surface area contributed by atoms with Gasteiger partial charge in [0.15, 0.2) is 0 Å². The number of hydrogen-bond acceptors (Lipinski definition) is 1. The van der Waals surface area contributed by atoms with Crippen LogP contribution in [0.3, 0.4) is 0 Å². The summed E-state index contributed by atoms with van der Waals surface area (Å²) in [6.45, 7) is 10.8. The van der Waals surface area contributed by atoms with Gasteiger partial charge in [0.05, 0.1) is 0 Å². The average molecular weight is 211 g/mol. The molecule has 0 amide bonds. The van der Waals surface area contributed by atoms with E-state index in [1.54, 1.807) is 0 Å². The van der Waals surface area contributed by atoms with Crippen molar-refractivity contribution >= 4 is 0 Å². The molecular weight excluding hydrogens is 182 g/mol. The van der Waals surface area contributed by atoms with Gasteiger partial charge in [0, 0.05) is 12.1 Å². The Bertz CT molecular complexity index is 155. The number of nitrogens with zero attached hydrogens (tertiary/aromatic N) is 1. The molecule has 15 heavy (non-hydrogen) atoms. The van der Waals surface area contributed by atoms with Crippen LogP contribution in [0.5, 0.6) is 0 Å². The first kappa shape index (κ1) is 13.0. The zero-order valence-corrected chi connectivity index (χ0v) is 11.1. The van der Waals surface area contributed by atoms with Gasteiger partial charge in [0.25, 0.3) is 0 Å². The molecule has 2 atom stereocenters. The minimum atomic E-state index is 0.827. The lowest BCUT2D eigenvalue weighted by molar-refractivity contribution is 0.101. The quantitative estimate of drug-likeness (QED) is 0.619. The Morgan fingerprint density at radius 1 is 1.07 bits per heavy atom. The van der Waals surface area contributed by atoms with Gasteiger partial charge in [-0.1, -0.05) is 33.1 Å². The predicted octanol–water partition coefficient (Wildman–Crippen LogP) is 4.08. The predicted molar refractivity (Wildman–Crippen MR) is 68.2 cm³/mol. The normalized spacial score (nSPS) is 28.6. The van der Waals surface area contributed by atoms with Crippen LogP contribution in [0, 0.1) is 5.92 Å². The Morgan fingerprint density at radius 2 is 1.67 bits per heavy atom. The highest BCUT2D eigenvalue weighted by atomic mass is 15.2. The maximum atomic E-state index is 2.73. The molecule has 0 spiro atoms. The van der Waals surface area contributed by atoms with Gasteiger partial charge < -0.3 is 0 Å². The van der Waals surface area contributed by atoms with E-state index in [1.807, 2.05) is 0 Å². The monoisotopic (exact) mass is 211 g/mol. The Morgan fingerprint density at radius 3 is 2.20 bits per heavy atom. The van der Waals surface area contributed by atoms with E-state index in [0.717, 1.165) is 18.0 Å². The molecule has 90 valence electrons. The molecule has 0 saturated carbocycles. The maximum Gasteiger partial charge on any atom is 0.00697 e. The Labute approximate surface area is 96.2 Å². The van der Waals surface area contributed by atoms with Crippen LogP contribution in [0.25, 0.3) is 0 Å². The van der Waals surface area contributed by atoms with Crippen molar-refractivity contribution in [2.45, 2.75) is 78.3 Å². The van der Waals surface area contributed by atoms with Crippen molar-refractivity contribution < 1.29 is 0 Å². The maximum absolute atomic E-state index is 2.73. The summed E-state index contributed by atoms with van der Waals surface area (Å²) in [7, 11) is 0. The van der Waals surface area contributed by atoms with Crippen molar-refractivity contribution in [3.05, 3.63) is 0 Å². The van der Waals surface area contributed by atoms with Gasteiger partial charge >= 0.3 is 0 Å². The van der Waals surface area contributed by atoms with Crippen molar-refractivity contribution in [2.75, 3.05) is 6.54 Å². The van der Waals surface area contributed by atoms with Crippen LogP contribution in [0.1, 0.15) is 66.2 Å². The van der Waals surface area contributed by atoms with E-state index < -0.39 is 0 Å². The molecule has 0 bridgehead atoms. The topological polar surface area (TPSA) is 3.24 Å². The molecular formula is C14H29N. The molecule has 1 heterocycles. The lowest BCUT2D eigenvalue weighted by Crippen LogP contribution is -2.44. The number of rotatable bonds is 5. The second-order valence-electron chi connectivity index (χ2n) is 5.76. The van der Waals surface area contributed by atoms with Crippen LogP contribution in [0.4, 0.5) is 0 Å². The van der Waals surface area contributed by atoms with Crippen molar-refractivity contribution in [3.63, 3.8) is 0 Å². The first-order valence-electron chi connectivity index (χ1n) is 6.87. The molecule has 0 aromatic heterocycles. The van der Waals surface area contributed by atoms with Crippen LogP contribution in [0.2, 0.25) is 0 Å². The fraction of sp³-hybridized carbons (Fsp3) is 1.00. The Hall–Kier alpha value is -0.0400. The van der Waals surface area contributed by atoms with Gasteiger partial charge in [0.2, 0.25) is 0 Å². The molecule has 1 aliphatic rings.